The molecule has 82 valence electrons. The van der Waals surface area contributed by atoms with Crippen LogP contribution in [0, 0.1) is 0 Å². The van der Waals surface area contributed by atoms with E-state index < -0.39 is 0 Å². The molecule has 0 spiro atoms. The van der Waals surface area contributed by atoms with Crippen LogP contribution in [-0.2, 0) is 6.54 Å². The van der Waals surface area contributed by atoms with Crippen molar-refractivity contribution in [3.8, 4) is 0 Å². The van der Waals surface area contributed by atoms with Crippen LogP contribution >= 0.6 is 11.6 Å². The molecule has 0 aromatic carbocycles. The number of halogens is 1. The minimum absolute atomic E-state index is 0.305. The van der Waals surface area contributed by atoms with Gasteiger partial charge in [-0.3, -0.25) is 0 Å². The van der Waals surface area contributed by atoms with E-state index in [1.54, 1.807) is 12.4 Å². The average molecular weight is 227 g/mol. The normalized spacial score (nSPS) is 22.1. The van der Waals surface area contributed by atoms with Crippen molar-refractivity contribution in [3.05, 3.63) is 23.2 Å². The maximum absolute atomic E-state index is 5.61. The van der Waals surface area contributed by atoms with Gasteiger partial charge in [0.2, 0.25) is 5.28 Å². The lowest BCUT2D eigenvalue weighted by molar-refractivity contribution is 0.397. The molecule has 0 aliphatic carbocycles. The summed E-state index contributed by atoms with van der Waals surface area (Å²) >= 11 is 5.61. The van der Waals surface area contributed by atoms with Crippen LogP contribution in [0.15, 0.2) is 12.4 Å². The summed E-state index contributed by atoms with van der Waals surface area (Å²) in [6.07, 6.45) is 4.74. The molecule has 2 heterocycles. The van der Waals surface area contributed by atoms with Gasteiger partial charge >= 0.3 is 0 Å². The van der Waals surface area contributed by atoms with Gasteiger partial charge in [-0.05, 0) is 31.6 Å². The van der Waals surface area contributed by atoms with Crippen LogP contribution in [0.25, 0.3) is 0 Å². The number of nitrogens with zero attached hydrogens (tertiary/aromatic N) is 3. The van der Waals surface area contributed by atoms with E-state index in [1.807, 2.05) is 0 Å². The average Bonchev–Trinajstić information content (AvgIpc) is 2.64. The fraction of sp³-hybridized carbons (Fsp3) is 0.600. The molecular formula is C10H15ClN4. The standard InChI is InChI=1S/C10H15ClN4/c1-15-3-2-9(7-15)12-4-8-5-13-10(11)14-6-8/h5-6,9,12H,2-4,7H2,1H3. The van der Waals surface area contributed by atoms with Crippen LogP contribution in [0.1, 0.15) is 12.0 Å². The quantitative estimate of drug-likeness (QED) is 0.779. The molecule has 0 amide bonds. The second-order valence-corrected chi connectivity index (χ2v) is 4.33. The number of nitrogens with one attached hydrogen (secondary N) is 1. The summed E-state index contributed by atoms with van der Waals surface area (Å²) in [5.74, 6) is 0. The molecule has 15 heavy (non-hydrogen) atoms. The molecule has 0 radical (unpaired) electrons. The Bertz CT molecular complexity index is 314. The van der Waals surface area contributed by atoms with Crippen molar-refractivity contribution in [1.82, 2.24) is 20.2 Å². The van der Waals surface area contributed by atoms with E-state index in [4.69, 9.17) is 11.6 Å². The first-order valence-electron chi connectivity index (χ1n) is 5.12. The monoisotopic (exact) mass is 226 g/mol. The van der Waals surface area contributed by atoms with Crippen molar-refractivity contribution in [3.63, 3.8) is 0 Å². The molecule has 0 saturated carbocycles. The van der Waals surface area contributed by atoms with Crippen molar-refractivity contribution in [1.29, 1.82) is 0 Å². The predicted octanol–water partition coefficient (Wildman–Crippen LogP) is 0.924. The lowest BCUT2D eigenvalue weighted by atomic mass is 10.2. The van der Waals surface area contributed by atoms with E-state index in [-0.39, 0.29) is 0 Å². The summed E-state index contributed by atoms with van der Waals surface area (Å²) < 4.78 is 0. The first kappa shape index (κ1) is 10.8. The zero-order chi connectivity index (χ0) is 10.7. The van der Waals surface area contributed by atoms with Crippen molar-refractivity contribution in [2.24, 2.45) is 0 Å². The number of hydrogen-bond acceptors (Lipinski definition) is 4. The molecule has 1 aromatic rings. The lowest BCUT2D eigenvalue weighted by Crippen LogP contribution is -2.31. The summed E-state index contributed by atoms with van der Waals surface area (Å²) in [4.78, 5) is 10.2. The minimum atomic E-state index is 0.305. The Balaban J connectivity index is 1.80. The Labute approximate surface area is 94.7 Å². The Kier molecular flexibility index (Phi) is 3.51. The van der Waals surface area contributed by atoms with Crippen molar-refractivity contribution in [2.75, 3.05) is 20.1 Å². The van der Waals surface area contributed by atoms with Gasteiger partial charge in [0.15, 0.2) is 0 Å². The molecule has 1 fully saturated rings. The molecule has 1 unspecified atom stereocenters. The molecule has 5 heteroatoms. The van der Waals surface area contributed by atoms with E-state index >= 15 is 0 Å². The van der Waals surface area contributed by atoms with Crippen molar-refractivity contribution in [2.45, 2.75) is 19.0 Å². The molecule has 2 rings (SSSR count). The van der Waals surface area contributed by atoms with Crippen LogP contribution in [0.2, 0.25) is 5.28 Å². The smallest absolute Gasteiger partial charge is 0.222 e. The molecule has 1 aromatic heterocycles. The first-order valence-corrected chi connectivity index (χ1v) is 5.50. The summed E-state index contributed by atoms with van der Waals surface area (Å²) in [5.41, 5.74) is 1.08. The zero-order valence-electron chi connectivity index (χ0n) is 8.78. The zero-order valence-corrected chi connectivity index (χ0v) is 9.54. The topological polar surface area (TPSA) is 41.0 Å². The van der Waals surface area contributed by atoms with Gasteiger partial charge in [-0.2, -0.15) is 0 Å². The van der Waals surface area contributed by atoms with Crippen LogP contribution in [0.4, 0.5) is 0 Å². The highest BCUT2D eigenvalue weighted by atomic mass is 35.5. The molecule has 1 N–H and O–H groups in total. The third-order valence-electron chi connectivity index (χ3n) is 2.66. The maximum atomic E-state index is 5.61. The van der Waals surface area contributed by atoms with Crippen molar-refractivity contribution >= 4 is 11.6 Å². The maximum Gasteiger partial charge on any atom is 0.222 e. The summed E-state index contributed by atoms with van der Waals surface area (Å²) in [5, 5.41) is 3.79. The highest BCUT2D eigenvalue weighted by molar-refractivity contribution is 6.28. The van der Waals surface area contributed by atoms with Crippen LogP contribution in [0.3, 0.4) is 0 Å². The van der Waals surface area contributed by atoms with Gasteiger partial charge in [-0.15, -0.1) is 0 Å². The summed E-state index contributed by atoms with van der Waals surface area (Å²) in [7, 11) is 2.15. The highest BCUT2D eigenvalue weighted by Crippen LogP contribution is 2.07. The second-order valence-electron chi connectivity index (χ2n) is 3.99. The van der Waals surface area contributed by atoms with E-state index in [2.05, 4.69) is 27.2 Å². The number of rotatable bonds is 3. The summed E-state index contributed by atoms with van der Waals surface area (Å²) in [6, 6.07) is 0.589. The van der Waals surface area contributed by atoms with Gasteiger partial charge in [0.05, 0.1) is 0 Å². The lowest BCUT2D eigenvalue weighted by Gasteiger charge is -2.12. The van der Waals surface area contributed by atoms with Gasteiger partial charge in [-0.1, -0.05) is 0 Å². The van der Waals surface area contributed by atoms with Gasteiger partial charge in [-0.25, -0.2) is 9.97 Å². The summed E-state index contributed by atoms with van der Waals surface area (Å²) in [6.45, 7) is 3.11. The van der Waals surface area contributed by atoms with Gasteiger partial charge in [0.1, 0.15) is 0 Å². The highest BCUT2D eigenvalue weighted by Gasteiger charge is 2.18. The molecule has 1 aliphatic rings. The fourth-order valence-electron chi connectivity index (χ4n) is 1.79. The van der Waals surface area contributed by atoms with Crippen LogP contribution in [0.5, 0.6) is 0 Å². The largest absolute Gasteiger partial charge is 0.308 e. The van der Waals surface area contributed by atoms with Gasteiger partial charge in [0, 0.05) is 37.1 Å². The first-order chi connectivity index (χ1) is 7.24. The molecule has 1 atom stereocenters. The Morgan fingerprint density at radius 1 is 1.53 bits per heavy atom. The SMILES string of the molecule is CN1CCC(NCc2cnc(Cl)nc2)C1. The number of likely N-dealkylation sites (tertiary alicyclic amines) is 1. The van der Waals surface area contributed by atoms with Gasteiger partial charge in [0.25, 0.3) is 0 Å². The van der Waals surface area contributed by atoms with Crippen LogP contribution in [-0.4, -0.2) is 41.0 Å². The Hall–Kier alpha value is -0.710. The molecule has 0 bridgehead atoms. The van der Waals surface area contributed by atoms with E-state index in [0.29, 0.717) is 11.3 Å². The fourth-order valence-corrected chi connectivity index (χ4v) is 1.89. The Morgan fingerprint density at radius 3 is 2.87 bits per heavy atom. The molecule has 1 aliphatic heterocycles. The molecular weight excluding hydrogens is 212 g/mol. The van der Waals surface area contributed by atoms with E-state index in [1.165, 1.54) is 13.0 Å². The van der Waals surface area contributed by atoms with E-state index in [9.17, 15) is 0 Å². The number of hydrogen-bond donors (Lipinski definition) is 1. The minimum Gasteiger partial charge on any atom is -0.308 e. The molecule has 4 nitrogen and oxygen atoms in total. The predicted molar refractivity (Wildman–Crippen MR) is 59.8 cm³/mol. The molecule has 1 saturated heterocycles. The van der Waals surface area contributed by atoms with E-state index in [0.717, 1.165) is 18.7 Å². The number of likely N-dealkylation sites (N-methyl/N-ethyl adjacent to an activating group) is 1. The Morgan fingerprint density at radius 2 is 2.27 bits per heavy atom. The number of aromatic nitrogens is 2. The van der Waals surface area contributed by atoms with Crippen LogP contribution < -0.4 is 5.32 Å². The third-order valence-corrected chi connectivity index (χ3v) is 2.86. The third kappa shape index (κ3) is 3.12. The van der Waals surface area contributed by atoms with Crippen molar-refractivity contribution < 1.29 is 0 Å². The van der Waals surface area contributed by atoms with Gasteiger partial charge < -0.3 is 10.2 Å². The second kappa shape index (κ2) is 4.88.